The van der Waals surface area contributed by atoms with Crippen molar-refractivity contribution in [1.29, 1.82) is 0 Å². The van der Waals surface area contributed by atoms with Crippen molar-refractivity contribution in [3.8, 4) is 17.1 Å². The van der Waals surface area contributed by atoms with Gasteiger partial charge in [0, 0.05) is 6.54 Å². The summed E-state index contributed by atoms with van der Waals surface area (Å²) in [4.78, 5) is 4.58. The third-order valence-corrected chi connectivity index (χ3v) is 3.81. The van der Waals surface area contributed by atoms with E-state index < -0.39 is 0 Å². The van der Waals surface area contributed by atoms with Crippen molar-refractivity contribution in [3.05, 3.63) is 58.8 Å². The molecule has 3 aromatic rings. The van der Waals surface area contributed by atoms with Gasteiger partial charge in [-0.05, 0) is 30.3 Å². The number of hydrogen-bond donors (Lipinski definition) is 0. The number of fused-ring (bicyclic) bond motifs is 1. The van der Waals surface area contributed by atoms with Crippen molar-refractivity contribution in [2.24, 2.45) is 0 Å². The summed E-state index contributed by atoms with van der Waals surface area (Å²) in [5.74, 6) is 0.775. The Kier molecular flexibility index (Phi) is 4.55. The lowest BCUT2D eigenvalue weighted by molar-refractivity contribution is 0.419. The maximum absolute atomic E-state index is 14.2. The highest BCUT2D eigenvalue weighted by molar-refractivity contribution is 6.55. The van der Waals surface area contributed by atoms with Crippen LogP contribution in [0.15, 0.2) is 53.0 Å². The first kappa shape index (κ1) is 15.8. The minimum Gasteiger partial charge on any atom is -0.494 e. The minimum absolute atomic E-state index is 0.147. The van der Waals surface area contributed by atoms with Crippen LogP contribution in [-0.4, -0.2) is 16.7 Å². The van der Waals surface area contributed by atoms with E-state index in [9.17, 15) is 4.39 Å². The second-order valence-corrected chi connectivity index (χ2v) is 5.86. The predicted octanol–water partition coefficient (Wildman–Crippen LogP) is 5.17. The molecule has 3 rings (SSSR count). The average molecular weight is 351 g/mol. The van der Waals surface area contributed by atoms with Crippen LogP contribution in [0.5, 0.6) is 5.75 Å². The molecule has 0 aliphatic carbocycles. The number of imidazole rings is 1. The van der Waals surface area contributed by atoms with E-state index in [-0.39, 0.29) is 10.3 Å². The van der Waals surface area contributed by atoms with E-state index in [4.69, 9.17) is 27.9 Å². The number of halogens is 3. The second-order valence-electron chi connectivity index (χ2n) is 4.85. The molecule has 1 aromatic heterocycles. The fraction of sp³-hybridized carbons (Fsp3) is 0.118. The molecule has 0 aliphatic heterocycles. The van der Waals surface area contributed by atoms with E-state index in [1.54, 1.807) is 31.4 Å². The van der Waals surface area contributed by atoms with E-state index in [0.717, 1.165) is 5.52 Å². The van der Waals surface area contributed by atoms with Crippen molar-refractivity contribution in [3.63, 3.8) is 0 Å². The van der Waals surface area contributed by atoms with Gasteiger partial charge >= 0.3 is 0 Å². The summed E-state index contributed by atoms with van der Waals surface area (Å²) >= 11 is 11.5. The number of ether oxygens (including phenoxy) is 1. The standard InChI is InChI=1S/C17H13Cl2FN2O/c1-23-14-8-4-7-13-16(14)21-17(22(13)10-9-15(18)19)11-5-2-3-6-12(11)20/h2-9H,10H2,1H3. The number of aromatic nitrogens is 2. The Morgan fingerprint density at radius 1 is 1.22 bits per heavy atom. The van der Waals surface area contributed by atoms with Gasteiger partial charge in [0.05, 0.1) is 18.2 Å². The predicted molar refractivity (Wildman–Crippen MR) is 91.5 cm³/mol. The zero-order valence-electron chi connectivity index (χ0n) is 12.3. The van der Waals surface area contributed by atoms with Crippen LogP contribution in [0.2, 0.25) is 0 Å². The lowest BCUT2D eigenvalue weighted by Gasteiger charge is -2.07. The van der Waals surface area contributed by atoms with Gasteiger partial charge in [0.1, 0.15) is 27.4 Å². The van der Waals surface area contributed by atoms with E-state index in [0.29, 0.717) is 29.2 Å². The molecule has 0 unspecified atom stereocenters. The molecule has 0 saturated carbocycles. The van der Waals surface area contributed by atoms with Gasteiger partial charge in [0.25, 0.3) is 0 Å². The van der Waals surface area contributed by atoms with Crippen molar-refractivity contribution in [2.75, 3.05) is 7.11 Å². The molecule has 118 valence electrons. The molecule has 0 aliphatic rings. The van der Waals surface area contributed by atoms with Crippen LogP contribution >= 0.6 is 23.2 Å². The highest BCUT2D eigenvalue weighted by Gasteiger charge is 2.17. The average Bonchev–Trinajstić information content (AvgIpc) is 2.91. The number of hydrogen-bond acceptors (Lipinski definition) is 2. The molecule has 0 fully saturated rings. The summed E-state index contributed by atoms with van der Waals surface area (Å²) in [6.45, 7) is 0.371. The quantitative estimate of drug-likeness (QED) is 0.648. The van der Waals surface area contributed by atoms with Gasteiger partial charge in [-0.25, -0.2) is 9.37 Å². The first-order valence-electron chi connectivity index (χ1n) is 6.91. The second kappa shape index (κ2) is 6.60. The lowest BCUT2D eigenvalue weighted by Crippen LogP contribution is -2.00. The molecular formula is C17H13Cl2FN2O. The largest absolute Gasteiger partial charge is 0.494 e. The van der Waals surface area contributed by atoms with E-state index >= 15 is 0 Å². The number of nitrogens with zero attached hydrogens (tertiary/aromatic N) is 2. The molecule has 3 nitrogen and oxygen atoms in total. The molecule has 2 aromatic carbocycles. The van der Waals surface area contributed by atoms with Crippen LogP contribution in [0.3, 0.4) is 0 Å². The van der Waals surface area contributed by atoms with Crippen LogP contribution < -0.4 is 4.74 Å². The molecule has 23 heavy (non-hydrogen) atoms. The molecular weight excluding hydrogens is 338 g/mol. The van der Waals surface area contributed by atoms with Crippen molar-refractivity contribution >= 4 is 34.2 Å². The summed E-state index contributed by atoms with van der Waals surface area (Å²) in [7, 11) is 1.58. The highest BCUT2D eigenvalue weighted by Crippen LogP contribution is 2.31. The maximum atomic E-state index is 14.2. The molecule has 1 heterocycles. The van der Waals surface area contributed by atoms with E-state index in [1.165, 1.54) is 6.07 Å². The Balaban J connectivity index is 2.29. The lowest BCUT2D eigenvalue weighted by atomic mass is 10.2. The highest BCUT2D eigenvalue weighted by atomic mass is 35.5. The zero-order valence-corrected chi connectivity index (χ0v) is 13.8. The number of methoxy groups -OCH3 is 1. The SMILES string of the molecule is COc1cccc2c1nc(-c1ccccc1F)n2CC=C(Cl)Cl. The fourth-order valence-electron chi connectivity index (χ4n) is 2.48. The Morgan fingerprint density at radius 2 is 2.00 bits per heavy atom. The number of para-hydroxylation sites is 1. The number of allylic oxidation sites excluding steroid dienone is 1. The van der Waals surface area contributed by atoms with Crippen LogP contribution in [0.4, 0.5) is 4.39 Å². The van der Waals surface area contributed by atoms with Gasteiger partial charge in [-0.15, -0.1) is 0 Å². The molecule has 0 amide bonds. The normalized spacial score (nSPS) is 10.8. The van der Waals surface area contributed by atoms with Gasteiger partial charge in [0.2, 0.25) is 0 Å². The first-order valence-corrected chi connectivity index (χ1v) is 7.66. The van der Waals surface area contributed by atoms with Crippen molar-refractivity contribution < 1.29 is 9.13 Å². The van der Waals surface area contributed by atoms with Gasteiger partial charge < -0.3 is 9.30 Å². The Labute approximate surface area is 142 Å². The fourth-order valence-corrected chi connectivity index (χ4v) is 2.62. The molecule has 0 radical (unpaired) electrons. The molecule has 0 atom stereocenters. The van der Waals surface area contributed by atoms with Crippen LogP contribution in [0, 0.1) is 5.82 Å². The molecule has 0 bridgehead atoms. The summed E-state index contributed by atoms with van der Waals surface area (Å²) in [5.41, 5.74) is 1.88. The smallest absolute Gasteiger partial charge is 0.146 e. The third-order valence-electron chi connectivity index (χ3n) is 3.50. The third kappa shape index (κ3) is 3.05. The zero-order chi connectivity index (χ0) is 16.4. The molecule has 0 spiro atoms. The Bertz CT molecular complexity index is 885. The monoisotopic (exact) mass is 350 g/mol. The Morgan fingerprint density at radius 3 is 2.70 bits per heavy atom. The molecule has 6 heteroatoms. The van der Waals surface area contributed by atoms with Crippen LogP contribution in [-0.2, 0) is 6.54 Å². The van der Waals surface area contributed by atoms with E-state index in [2.05, 4.69) is 4.98 Å². The van der Waals surface area contributed by atoms with Gasteiger partial charge in [-0.2, -0.15) is 0 Å². The van der Waals surface area contributed by atoms with Crippen molar-refractivity contribution in [2.45, 2.75) is 6.54 Å². The summed E-state index contributed by atoms with van der Waals surface area (Å²) in [6.07, 6.45) is 1.63. The first-order chi connectivity index (χ1) is 11.1. The van der Waals surface area contributed by atoms with Crippen molar-refractivity contribution in [1.82, 2.24) is 9.55 Å². The molecule has 0 saturated heterocycles. The number of rotatable bonds is 4. The summed E-state index contributed by atoms with van der Waals surface area (Å²) in [5, 5.41) is 0. The van der Waals surface area contributed by atoms with Crippen LogP contribution in [0.1, 0.15) is 0 Å². The van der Waals surface area contributed by atoms with Gasteiger partial charge in [0.15, 0.2) is 0 Å². The minimum atomic E-state index is -0.344. The Hall–Kier alpha value is -2.04. The van der Waals surface area contributed by atoms with Gasteiger partial charge in [-0.3, -0.25) is 0 Å². The summed E-state index contributed by atoms with van der Waals surface area (Å²) in [6, 6.07) is 12.1. The van der Waals surface area contributed by atoms with Crippen LogP contribution in [0.25, 0.3) is 22.4 Å². The van der Waals surface area contributed by atoms with Gasteiger partial charge in [-0.1, -0.05) is 41.4 Å². The van der Waals surface area contributed by atoms with E-state index in [1.807, 2.05) is 22.8 Å². The summed E-state index contributed by atoms with van der Waals surface area (Å²) < 4.78 is 21.6. The molecule has 0 N–H and O–H groups in total. The topological polar surface area (TPSA) is 27.1 Å². The number of benzene rings is 2. The maximum Gasteiger partial charge on any atom is 0.146 e.